The maximum absolute atomic E-state index is 11.7. The Hall–Kier alpha value is -0.680. The second-order valence-electron chi connectivity index (χ2n) is 4.62. The fourth-order valence-corrected chi connectivity index (χ4v) is 2.61. The van der Waals surface area contributed by atoms with Crippen LogP contribution in [0.3, 0.4) is 0 Å². The smallest absolute Gasteiger partial charge is 0.244 e. The highest BCUT2D eigenvalue weighted by molar-refractivity contribution is 7.98. The van der Waals surface area contributed by atoms with E-state index in [-0.39, 0.29) is 12.5 Å². The van der Waals surface area contributed by atoms with Crippen LogP contribution in [-0.4, -0.2) is 35.2 Å². The van der Waals surface area contributed by atoms with Gasteiger partial charge in [-0.2, -0.15) is 11.8 Å². The monoisotopic (exact) mass is 333 g/mol. The van der Waals surface area contributed by atoms with E-state index in [4.69, 9.17) is 23.2 Å². The lowest BCUT2D eigenvalue weighted by Gasteiger charge is -2.21. The molecule has 3 nitrogen and oxygen atoms in total. The van der Waals surface area contributed by atoms with E-state index in [0.29, 0.717) is 21.4 Å². The van der Waals surface area contributed by atoms with Gasteiger partial charge in [-0.25, -0.2) is 0 Å². The molecule has 1 unspecified atom stereocenters. The van der Waals surface area contributed by atoms with Gasteiger partial charge in [0.2, 0.25) is 5.91 Å². The molecule has 0 aliphatic rings. The SMILES string of the molecule is CSCC(C)(O)CNC(=O)C=Cc1cccc(Cl)c1Cl. The van der Waals surface area contributed by atoms with Crippen molar-refractivity contribution < 1.29 is 9.90 Å². The number of thioether (sulfide) groups is 1. The summed E-state index contributed by atoms with van der Waals surface area (Å²) >= 11 is 13.4. The molecule has 1 aromatic rings. The fourth-order valence-electron chi connectivity index (χ4n) is 1.51. The zero-order chi connectivity index (χ0) is 15.2. The van der Waals surface area contributed by atoms with E-state index >= 15 is 0 Å². The number of halogens is 2. The van der Waals surface area contributed by atoms with E-state index in [1.165, 1.54) is 17.8 Å². The number of benzene rings is 1. The van der Waals surface area contributed by atoms with Gasteiger partial charge in [-0.1, -0.05) is 35.3 Å². The molecular formula is C14H17Cl2NO2S. The fraction of sp³-hybridized carbons (Fsp3) is 0.357. The first-order chi connectivity index (χ1) is 9.35. The molecule has 20 heavy (non-hydrogen) atoms. The van der Waals surface area contributed by atoms with Crippen LogP contribution in [0.5, 0.6) is 0 Å². The second kappa shape index (κ2) is 7.93. The lowest BCUT2D eigenvalue weighted by atomic mass is 10.1. The largest absolute Gasteiger partial charge is 0.387 e. The standard InChI is InChI=1S/C14H17Cl2NO2S/c1-14(19,9-20-2)8-17-12(18)7-6-10-4-3-5-11(15)13(10)16/h3-7,19H,8-9H2,1-2H3,(H,17,18). The minimum absolute atomic E-state index is 0.195. The first-order valence-corrected chi connectivity index (χ1v) is 8.12. The number of nitrogens with one attached hydrogen (secondary N) is 1. The Morgan fingerprint density at radius 2 is 2.20 bits per heavy atom. The maximum Gasteiger partial charge on any atom is 0.244 e. The maximum atomic E-state index is 11.7. The zero-order valence-electron chi connectivity index (χ0n) is 11.3. The zero-order valence-corrected chi connectivity index (χ0v) is 13.6. The third-order valence-electron chi connectivity index (χ3n) is 2.49. The third-order valence-corrected chi connectivity index (χ3v) is 4.24. The molecule has 1 amide bonds. The average molecular weight is 334 g/mol. The Morgan fingerprint density at radius 1 is 1.50 bits per heavy atom. The van der Waals surface area contributed by atoms with E-state index in [2.05, 4.69) is 5.32 Å². The molecule has 0 fully saturated rings. The van der Waals surface area contributed by atoms with Crippen molar-refractivity contribution in [1.82, 2.24) is 5.32 Å². The summed E-state index contributed by atoms with van der Waals surface area (Å²) in [5.74, 6) is 0.263. The van der Waals surface area contributed by atoms with Crippen LogP contribution in [0, 0.1) is 0 Å². The molecule has 1 atom stereocenters. The first kappa shape index (κ1) is 17.4. The molecule has 1 rings (SSSR count). The van der Waals surface area contributed by atoms with Crippen molar-refractivity contribution >= 4 is 46.9 Å². The van der Waals surface area contributed by atoms with Crippen LogP contribution in [0.1, 0.15) is 12.5 Å². The molecule has 0 radical (unpaired) electrons. The van der Waals surface area contributed by atoms with Crippen LogP contribution in [0.15, 0.2) is 24.3 Å². The molecule has 0 aromatic heterocycles. The predicted octanol–water partition coefficient (Wildman–Crippen LogP) is 3.24. The van der Waals surface area contributed by atoms with Gasteiger partial charge in [0.05, 0.1) is 15.6 Å². The topological polar surface area (TPSA) is 49.3 Å². The average Bonchev–Trinajstić information content (AvgIpc) is 2.38. The van der Waals surface area contributed by atoms with Gasteiger partial charge in [-0.3, -0.25) is 4.79 Å². The summed E-state index contributed by atoms with van der Waals surface area (Å²) < 4.78 is 0. The Kier molecular flexibility index (Phi) is 6.89. The van der Waals surface area contributed by atoms with E-state index in [9.17, 15) is 9.90 Å². The molecule has 110 valence electrons. The van der Waals surface area contributed by atoms with E-state index in [0.717, 1.165) is 0 Å². The van der Waals surface area contributed by atoms with Gasteiger partial charge < -0.3 is 10.4 Å². The molecule has 6 heteroatoms. The number of amides is 1. The summed E-state index contributed by atoms with van der Waals surface area (Å²) in [5, 5.41) is 13.4. The highest BCUT2D eigenvalue weighted by Crippen LogP contribution is 2.26. The van der Waals surface area contributed by atoms with Gasteiger partial charge in [0.25, 0.3) is 0 Å². The predicted molar refractivity (Wildman–Crippen MR) is 87.5 cm³/mol. The van der Waals surface area contributed by atoms with Crippen LogP contribution in [-0.2, 0) is 4.79 Å². The lowest BCUT2D eigenvalue weighted by molar-refractivity contribution is -0.117. The molecule has 0 saturated carbocycles. The summed E-state index contributed by atoms with van der Waals surface area (Å²) in [4.78, 5) is 11.7. The number of aliphatic hydroxyl groups is 1. The van der Waals surface area contributed by atoms with Crippen molar-refractivity contribution in [3.8, 4) is 0 Å². The van der Waals surface area contributed by atoms with Gasteiger partial charge >= 0.3 is 0 Å². The Bertz CT molecular complexity index is 504. The van der Waals surface area contributed by atoms with E-state index in [1.54, 1.807) is 31.2 Å². The van der Waals surface area contributed by atoms with Gasteiger partial charge in [0.1, 0.15) is 0 Å². The summed E-state index contributed by atoms with van der Waals surface area (Å²) in [6.07, 6.45) is 4.86. The Balaban J connectivity index is 2.58. The molecule has 0 spiro atoms. The van der Waals surface area contributed by atoms with Gasteiger partial charge in [-0.15, -0.1) is 0 Å². The summed E-state index contributed by atoms with van der Waals surface area (Å²) in [6.45, 7) is 1.88. The highest BCUT2D eigenvalue weighted by atomic mass is 35.5. The highest BCUT2D eigenvalue weighted by Gasteiger charge is 2.19. The summed E-state index contributed by atoms with van der Waals surface area (Å²) in [7, 11) is 0. The second-order valence-corrected chi connectivity index (χ2v) is 6.28. The van der Waals surface area contributed by atoms with Gasteiger partial charge in [0.15, 0.2) is 0 Å². The molecule has 0 aliphatic heterocycles. The summed E-state index contributed by atoms with van der Waals surface area (Å²) in [6, 6.07) is 5.21. The number of carbonyl (C=O) groups excluding carboxylic acids is 1. The van der Waals surface area contributed by atoms with E-state index in [1.807, 2.05) is 6.26 Å². The first-order valence-electron chi connectivity index (χ1n) is 5.97. The lowest BCUT2D eigenvalue weighted by Crippen LogP contribution is -2.41. The van der Waals surface area contributed by atoms with Crippen molar-refractivity contribution in [2.45, 2.75) is 12.5 Å². The third kappa shape index (κ3) is 5.75. The van der Waals surface area contributed by atoms with E-state index < -0.39 is 5.60 Å². The quantitative estimate of drug-likeness (QED) is 0.785. The molecule has 0 aliphatic carbocycles. The van der Waals surface area contributed by atoms with Crippen molar-refractivity contribution in [3.05, 3.63) is 39.9 Å². The van der Waals surface area contributed by atoms with Gasteiger partial charge in [-0.05, 0) is 30.9 Å². The van der Waals surface area contributed by atoms with Crippen LogP contribution < -0.4 is 5.32 Å². The minimum atomic E-state index is -0.920. The van der Waals surface area contributed by atoms with Crippen LogP contribution in [0.4, 0.5) is 0 Å². The minimum Gasteiger partial charge on any atom is -0.387 e. The molecule has 0 saturated heterocycles. The van der Waals surface area contributed by atoms with Crippen molar-refractivity contribution in [1.29, 1.82) is 0 Å². The molecule has 1 aromatic carbocycles. The summed E-state index contributed by atoms with van der Waals surface area (Å²) in [5.41, 5.74) is -0.249. The molecule has 0 bridgehead atoms. The molecule has 2 N–H and O–H groups in total. The Labute approximate surface area is 133 Å². The van der Waals surface area contributed by atoms with Gasteiger partial charge in [0, 0.05) is 18.4 Å². The van der Waals surface area contributed by atoms with Crippen LogP contribution in [0.25, 0.3) is 6.08 Å². The molecule has 0 heterocycles. The number of rotatable bonds is 6. The number of hydrogen-bond acceptors (Lipinski definition) is 3. The number of carbonyl (C=O) groups is 1. The van der Waals surface area contributed by atoms with Crippen LogP contribution >= 0.6 is 35.0 Å². The van der Waals surface area contributed by atoms with Crippen molar-refractivity contribution in [2.24, 2.45) is 0 Å². The Morgan fingerprint density at radius 3 is 2.85 bits per heavy atom. The van der Waals surface area contributed by atoms with Crippen molar-refractivity contribution in [2.75, 3.05) is 18.6 Å². The normalized spacial score (nSPS) is 14.2. The number of hydrogen-bond donors (Lipinski definition) is 2. The van der Waals surface area contributed by atoms with Crippen molar-refractivity contribution in [3.63, 3.8) is 0 Å². The molecular weight excluding hydrogens is 317 g/mol. The van der Waals surface area contributed by atoms with Crippen LogP contribution in [0.2, 0.25) is 10.0 Å².